The number of methoxy groups -OCH3 is 1. The number of nitrogens with zero attached hydrogens (tertiary/aromatic N) is 2. The minimum Gasteiger partial charge on any atom is -0.494 e. The van der Waals surface area contributed by atoms with Crippen LogP contribution in [0.1, 0.15) is 19.3 Å². The van der Waals surface area contributed by atoms with Crippen LogP contribution < -0.4 is 10.1 Å². The summed E-state index contributed by atoms with van der Waals surface area (Å²) in [5, 5.41) is 4.97. The van der Waals surface area contributed by atoms with Crippen molar-refractivity contribution in [3.8, 4) is 5.75 Å². The number of anilines is 1. The second kappa shape index (κ2) is 7.78. The first-order valence-electron chi connectivity index (χ1n) is 8.80. The molecular formula is C18H19N3O4S3. The molecule has 1 amide bonds. The molecule has 1 saturated heterocycles. The van der Waals surface area contributed by atoms with Gasteiger partial charge >= 0.3 is 0 Å². The van der Waals surface area contributed by atoms with E-state index in [1.165, 1.54) is 15.6 Å². The number of fused-ring (bicyclic) bond motifs is 1. The number of aromatic nitrogens is 1. The van der Waals surface area contributed by atoms with E-state index >= 15 is 0 Å². The molecule has 0 radical (unpaired) electrons. The number of piperidine rings is 1. The Bertz CT molecular complexity index is 1090. The first-order chi connectivity index (χ1) is 13.5. The molecule has 2 aromatic heterocycles. The zero-order valence-corrected chi connectivity index (χ0v) is 17.6. The molecule has 0 unspecified atom stereocenters. The first kappa shape index (κ1) is 19.3. The van der Waals surface area contributed by atoms with E-state index in [2.05, 4.69) is 10.3 Å². The van der Waals surface area contributed by atoms with Crippen molar-refractivity contribution < 1.29 is 17.9 Å². The molecule has 0 bridgehead atoms. The molecule has 1 atom stereocenters. The van der Waals surface area contributed by atoms with Crippen LogP contribution in [0, 0.1) is 0 Å². The van der Waals surface area contributed by atoms with Crippen molar-refractivity contribution in [1.82, 2.24) is 9.29 Å². The smallest absolute Gasteiger partial charge is 0.253 e. The average Bonchev–Trinajstić information content (AvgIpc) is 3.37. The predicted molar refractivity (Wildman–Crippen MR) is 111 cm³/mol. The van der Waals surface area contributed by atoms with Crippen molar-refractivity contribution in [3.63, 3.8) is 0 Å². The molecule has 148 valence electrons. The van der Waals surface area contributed by atoms with Crippen LogP contribution in [0.5, 0.6) is 5.75 Å². The largest absolute Gasteiger partial charge is 0.494 e. The monoisotopic (exact) mass is 437 g/mol. The topological polar surface area (TPSA) is 88.6 Å². The molecule has 1 fully saturated rings. The molecule has 3 heterocycles. The Balaban J connectivity index is 1.59. The summed E-state index contributed by atoms with van der Waals surface area (Å²) in [6, 6.07) is 8.11. The van der Waals surface area contributed by atoms with E-state index in [0.29, 0.717) is 29.4 Å². The maximum atomic E-state index is 13.0. The molecule has 1 N–H and O–H groups in total. The van der Waals surface area contributed by atoms with E-state index in [1.54, 1.807) is 24.6 Å². The molecule has 1 aliphatic rings. The lowest BCUT2D eigenvalue weighted by Gasteiger charge is -2.32. The minimum atomic E-state index is -3.69. The van der Waals surface area contributed by atoms with E-state index in [0.717, 1.165) is 28.9 Å². The predicted octanol–water partition coefficient (Wildman–Crippen LogP) is 3.55. The van der Waals surface area contributed by atoms with Gasteiger partial charge in [-0.05, 0) is 36.4 Å². The van der Waals surface area contributed by atoms with Crippen LogP contribution in [0.15, 0.2) is 39.9 Å². The number of hydrogen-bond donors (Lipinski definition) is 1. The summed E-state index contributed by atoms with van der Waals surface area (Å²) in [6.07, 6.45) is 2.04. The van der Waals surface area contributed by atoms with Gasteiger partial charge in [0, 0.05) is 6.54 Å². The number of benzene rings is 1. The number of carbonyl (C=O) groups is 1. The number of amides is 1. The molecule has 1 aliphatic heterocycles. The van der Waals surface area contributed by atoms with E-state index in [9.17, 15) is 13.2 Å². The Hall–Kier alpha value is -2.01. The molecule has 1 aromatic carbocycles. The number of rotatable bonds is 5. The number of hydrogen-bond acceptors (Lipinski definition) is 7. The highest BCUT2D eigenvalue weighted by Gasteiger charge is 2.38. The van der Waals surface area contributed by atoms with E-state index in [4.69, 9.17) is 4.74 Å². The van der Waals surface area contributed by atoms with Gasteiger partial charge in [-0.25, -0.2) is 13.4 Å². The van der Waals surface area contributed by atoms with Gasteiger partial charge in [0.1, 0.15) is 21.5 Å². The molecule has 0 saturated carbocycles. The number of nitrogens with one attached hydrogen (secondary N) is 1. The fraction of sp³-hybridized carbons (Fsp3) is 0.333. The van der Waals surface area contributed by atoms with Crippen LogP contribution in [0.2, 0.25) is 0 Å². The fourth-order valence-electron chi connectivity index (χ4n) is 3.31. The van der Waals surface area contributed by atoms with E-state index in [-0.39, 0.29) is 10.1 Å². The summed E-state index contributed by atoms with van der Waals surface area (Å²) >= 11 is 2.50. The van der Waals surface area contributed by atoms with Crippen molar-refractivity contribution in [1.29, 1.82) is 0 Å². The Labute approximate surface area is 171 Å². The van der Waals surface area contributed by atoms with Gasteiger partial charge < -0.3 is 10.1 Å². The number of para-hydroxylation sites is 1. The number of sulfonamides is 1. The van der Waals surface area contributed by atoms with Crippen LogP contribution in [0.25, 0.3) is 10.2 Å². The molecule has 0 spiro atoms. The van der Waals surface area contributed by atoms with E-state index < -0.39 is 16.1 Å². The highest BCUT2D eigenvalue weighted by molar-refractivity contribution is 7.91. The van der Waals surface area contributed by atoms with Crippen LogP contribution in [-0.2, 0) is 14.8 Å². The van der Waals surface area contributed by atoms with Crippen LogP contribution >= 0.6 is 22.7 Å². The summed E-state index contributed by atoms with van der Waals surface area (Å²) in [7, 11) is -2.12. The van der Waals surface area contributed by atoms with Crippen molar-refractivity contribution in [2.45, 2.75) is 29.5 Å². The zero-order chi connectivity index (χ0) is 19.7. The Morgan fingerprint density at radius 1 is 1.29 bits per heavy atom. The second-order valence-corrected chi connectivity index (χ2v) is 10.5. The third-order valence-corrected chi connectivity index (χ3v) is 8.86. The second-order valence-electron chi connectivity index (χ2n) is 6.37. The standard InChI is InChI=1S/C18H19N3O4S3/c1-25-13-7-4-8-14-16(13)19-18(27-14)20-17(22)12-6-2-3-10-21(12)28(23,24)15-9-5-11-26-15/h4-5,7-9,11-12H,2-3,6,10H2,1H3,(H,19,20,22)/t12-/m0/s1. The lowest BCUT2D eigenvalue weighted by atomic mass is 10.0. The molecular weight excluding hydrogens is 418 g/mol. The Kier molecular flexibility index (Phi) is 5.37. The molecule has 3 aromatic rings. The van der Waals surface area contributed by atoms with Gasteiger partial charge in [0.15, 0.2) is 5.13 Å². The lowest BCUT2D eigenvalue weighted by Crippen LogP contribution is -2.49. The summed E-state index contributed by atoms with van der Waals surface area (Å²) in [6.45, 7) is 0.339. The first-order valence-corrected chi connectivity index (χ1v) is 11.9. The number of thiazole rings is 1. The third kappa shape index (κ3) is 3.52. The number of ether oxygens (including phenoxy) is 1. The van der Waals surface area contributed by atoms with Gasteiger partial charge in [-0.2, -0.15) is 4.31 Å². The SMILES string of the molecule is COc1cccc2sc(NC(=O)[C@@H]3CCCCN3S(=O)(=O)c3cccs3)nc12. The third-order valence-electron chi connectivity index (χ3n) is 4.65. The minimum absolute atomic E-state index is 0.261. The van der Waals surface area contributed by atoms with Crippen LogP contribution in [0.4, 0.5) is 5.13 Å². The number of carbonyl (C=O) groups excluding carboxylic acids is 1. The van der Waals surface area contributed by atoms with Gasteiger partial charge in [-0.1, -0.05) is 29.9 Å². The summed E-state index contributed by atoms with van der Waals surface area (Å²) in [5.74, 6) is 0.284. The molecule has 10 heteroatoms. The summed E-state index contributed by atoms with van der Waals surface area (Å²) in [5.41, 5.74) is 0.678. The lowest BCUT2D eigenvalue weighted by molar-refractivity contribution is -0.120. The average molecular weight is 438 g/mol. The van der Waals surface area contributed by atoms with Crippen molar-refractivity contribution in [2.75, 3.05) is 19.0 Å². The van der Waals surface area contributed by atoms with Crippen molar-refractivity contribution in [3.05, 3.63) is 35.7 Å². The summed E-state index contributed by atoms with van der Waals surface area (Å²) in [4.78, 5) is 17.4. The Morgan fingerprint density at radius 3 is 2.89 bits per heavy atom. The van der Waals surface area contributed by atoms with Gasteiger partial charge in [0.25, 0.3) is 10.0 Å². The normalized spacial score (nSPS) is 18.2. The van der Waals surface area contributed by atoms with Crippen molar-refractivity contribution in [2.24, 2.45) is 0 Å². The van der Waals surface area contributed by atoms with Crippen molar-refractivity contribution >= 4 is 54.0 Å². The van der Waals surface area contributed by atoms with E-state index in [1.807, 2.05) is 18.2 Å². The molecule has 28 heavy (non-hydrogen) atoms. The van der Waals surface area contributed by atoms with Crippen LogP contribution in [0.3, 0.4) is 0 Å². The van der Waals surface area contributed by atoms with Gasteiger partial charge in [0.05, 0.1) is 11.8 Å². The fourth-order valence-corrected chi connectivity index (χ4v) is 6.97. The van der Waals surface area contributed by atoms with Gasteiger partial charge in [-0.3, -0.25) is 4.79 Å². The van der Waals surface area contributed by atoms with Gasteiger partial charge in [-0.15, -0.1) is 11.3 Å². The highest BCUT2D eigenvalue weighted by Crippen LogP contribution is 2.33. The Morgan fingerprint density at radius 2 is 2.14 bits per heavy atom. The summed E-state index contributed by atoms with van der Waals surface area (Å²) < 4.78 is 33.7. The maximum absolute atomic E-state index is 13.0. The molecule has 7 nitrogen and oxygen atoms in total. The molecule has 0 aliphatic carbocycles. The quantitative estimate of drug-likeness (QED) is 0.659. The highest BCUT2D eigenvalue weighted by atomic mass is 32.2. The van der Waals surface area contributed by atoms with Gasteiger partial charge in [0.2, 0.25) is 5.91 Å². The van der Waals surface area contributed by atoms with Crippen LogP contribution in [-0.4, -0.2) is 43.3 Å². The number of thiophene rings is 1. The molecule has 4 rings (SSSR count). The zero-order valence-electron chi connectivity index (χ0n) is 15.1. The maximum Gasteiger partial charge on any atom is 0.253 e.